The first-order chi connectivity index (χ1) is 7.72. The molecular weight excluding hydrogens is 228 g/mol. The molecule has 1 N–H and O–H groups in total. The van der Waals surface area contributed by atoms with Gasteiger partial charge in [0.25, 0.3) is 0 Å². The van der Waals surface area contributed by atoms with Crippen molar-refractivity contribution < 1.29 is 28.9 Å². The van der Waals surface area contributed by atoms with E-state index in [4.69, 9.17) is 14.2 Å². The molecule has 0 amide bonds. The highest BCUT2D eigenvalue weighted by molar-refractivity contribution is 5.66. The number of ether oxygens (including phenoxy) is 3. The van der Waals surface area contributed by atoms with E-state index < -0.39 is 36.0 Å². The van der Waals surface area contributed by atoms with E-state index in [9.17, 15) is 14.7 Å². The first kappa shape index (κ1) is 13.9. The second-order valence-electron chi connectivity index (χ2n) is 4.47. The van der Waals surface area contributed by atoms with Crippen LogP contribution in [0.3, 0.4) is 0 Å². The van der Waals surface area contributed by atoms with E-state index in [-0.39, 0.29) is 6.42 Å². The monoisotopic (exact) mass is 246 g/mol. The van der Waals surface area contributed by atoms with Crippen LogP contribution >= 0.6 is 0 Å². The van der Waals surface area contributed by atoms with E-state index in [0.717, 1.165) is 0 Å². The highest BCUT2D eigenvalue weighted by atomic mass is 16.7. The fourth-order valence-electron chi connectivity index (χ4n) is 1.97. The second-order valence-corrected chi connectivity index (χ2v) is 4.47. The molecule has 1 aliphatic heterocycles. The number of esters is 2. The quantitative estimate of drug-likeness (QED) is 0.709. The van der Waals surface area contributed by atoms with Crippen molar-refractivity contribution in [2.75, 3.05) is 0 Å². The van der Waals surface area contributed by atoms with Crippen molar-refractivity contribution in [1.82, 2.24) is 0 Å². The summed E-state index contributed by atoms with van der Waals surface area (Å²) >= 11 is 0. The smallest absolute Gasteiger partial charge is 0.304 e. The first-order valence-corrected chi connectivity index (χ1v) is 5.44. The molecule has 17 heavy (non-hydrogen) atoms. The standard InChI is InChI=1S/C11H18O6/c1-6-10(17-8(3)13)11(4,14)5-9(15-6)16-7(2)12/h6,9-10,14H,5H2,1-4H3/t6-,9+,10+,11+/m0/s1. The van der Waals surface area contributed by atoms with Crippen LogP contribution in [0.25, 0.3) is 0 Å². The van der Waals surface area contributed by atoms with Gasteiger partial charge in [0.15, 0.2) is 6.10 Å². The van der Waals surface area contributed by atoms with Gasteiger partial charge < -0.3 is 19.3 Å². The Morgan fingerprint density at radius 1 is 1.29 bits per heavy atom. The maximum absolute atomic E-state index is 10.9. The van der Waals surface area contributed by atoms with Crippen molar-refractivity contribution in [2.24, 2.45) is 0 Å². The predicted molar refractivity (Wildman–Crippen MR) is 56.9 cm³/mol. The van der Waals surface area contributed by atoms with E-state index in [1.807, 2.05) is 0 Å². The molecule has 0 aromatic heterocycles. The molecule has 0 spiro atoms. The van der Waals surface area contributed by atoms with Crippen LogP contribution in [-0.2, 0) is 23.8 Å². The zero-order valence-corrected chi connectivity index (χ0v) is 10.4. The highest BCUT2D eigenvalue weighted by Gasteiger charge is 2.47. The van der Waals surface area contributed by atoms with Crippen LogP contribution in [0.15, 0.2) is 0 Å². The Bertz CT molecular complexity index is 311. The van der Waals surface area contributed by atoms with Gasteiger partial charge in [-0.3, -0.25) is 9.59 Å². The van der Waals surface area contributed by atoms with Crippen molar-refractivity contribution in [3.8, 4) is 0 Å². The van der Waals surface area contributed by atoms with Crippen molar-refractivity contribution in [2.45, 2.75) is 58.2 Å². The normalized spacial score (nSPS) is 37.4. The third kappa shape index (κ3) is 3.67. The maximum atomic E-state index is 10.9. The fraction of sp³-hybridized carbons (Fsp3) is 0.818. The van der Waals surface area contributed by atoms with Crippen LogP contribution in [0.4, 0.5) is 0 Å². The molecular formula is C11H18O6. The summed E-state index contributed by atoms with van der Waals surface area (Å²) in [6, 6.07) is 0. The summed E-state index contributed by atoms with van der Waals surface area (Å²) in [6.07, 6.45) is -2.07. The third-order valence-electron chi connectivity index (χ3n) is 2.58. The molecule has 1 fully saturated rings. The molecule has 0 aliphatic carbocycles. The van der Waals surface area contributed by atoms with Crippen molar-refractivity contribution >= 4 is 11.9 Å². The van der Waals surface area contributed by atoms with Gasteiger partial charge in [0.1, 0.15) is 5.60 Å². The van der Waals surface area contributed by atoms with Crippen molar-refractivity contribution in [3.05, 3.63) is 0 Å². The molecule has 4 atom stereocenters. The Balaban J connectivity index is 2.73. The van der Waals surface area contributed by atoms with Crippen LogP contribution in [0.1, 0.15) is 34.1 Å². The summed E-state index contributed by atoms with van der Waals surface area (Å²) in [4.78, 5) is 21.8. The topological polar surface area (TPSA) is 82.1 Å². The number of hydrogen-bond donors (Lipinski definition) is 1. The van der Waals surface area contributed by atoms with E-state index >= 15 is 0 Å². The lowest BCUT2D eigenvalue weighted by Crippen LogP contribution is -2.57. The molecule has 6 nitrogen and oxygen atoms in total. The highest BCUT2D eigenvalue weighted by Crippen LogP contribution is 2.31. The SMILES string of the molecule is CC(=O)O[C@@H]1C[C@@](C)(O)[C@H](OC(C)=O)[C@H](C)O1. The van der Waals surface area contributed by atoms with Gasteiger partial charge in [-0.15, -0.1) is 0 Å². The van der Waals surface area contributed by atoms with Crippen LogP contribution in [-0.4, -0.2) is 41.1 Å². The Morgan fingerprint density at radius 2 is 1.82 bits per heavy atom. The summed E-state index contributed by atoms with van der Waals surface area (Å²) in [5, 5.41) is 10.2. The van der Waals surface area contributed by atoms with E-state index in [0.29, 0.717) is 0 Å². The van der Waals surface area contributed by atoms with E-state index in [1.165, 1.54) is 20.8 Å². The minimum Gasteiger partial charge on any atom is -0.457 e. The van der Waals surface area contributed by atoms with Crippen LogP contribution < -0.4 is 0 Å². The van der Waals surface area contributed by atoms with Gasteiger partial charge in [-0.2, -0.15) is 0 Å². The molecule has 0 saturated carbocycles. The molecule has 0 unspecified atom stereocenters. The van der Waals surface area contributed by atoms with Crippen LogP contribution in [0, 0.1) is 0 Å². The molecule has 1 rings (SSSR count). The van der Waals surface area contributed by atoms with Crippen molar-refractivity contribution in [3.63, 3.8) is 0 Å². The first-order valence-electron chi connectivity index (χ1n) is 5.44. The lowest BCUT2D eigenvalue weighted by atomic mass is 9.88. The predicted octanol–water partition coefficient (Wildman–Crippen LogP) is 0.367. The van der Waals surface area contributed by atoms with E-state index in [1.54, 1.807) is 6.92 Å². The number of rotatable bonds is 2. The van der Waals surface area contributed by atoms with Gasteiger partial charge in [0.05, 0.1) is 6.10 Å². The van der Waals surface area contributed by atoms with Gasteiger partial charge in [-0.05, 0) is 13.8 Å². The van der Waals surface area contributed by atoms with Crippen molar-refractivity contribution in [1.29, 1.82) is 0 Å². The number of hydrogen-bond acceptors (Lipinski definition) is 6. The lowest BCUT2D eigenvalue weighted by molar-refractivity contribution is -0.269. The number of carbonyl (C=O) groups is 2. The Labute approximate surface area is 99.8 Å². The van der Waals surface area contributed by atoms with Gasteiger partial charge in [-0.1, -0.05) is 0 Å². The number of aliphatic hydroxyl groups is 1. The average molecular weight is 246 g/mol. The molecule has 0 bridgehead atoms. The molecule has 1 saturated heterocycles. The molecule has 1 aliphatic rings. The fourth-order valence-corrected chi connectivity index (χ4v) is 1.97. The Kier molecular flexibility index (Phi) is 4.11. The number of carbonyl (C=O) groups excluding carboxylic acids is 2. The molecule has 0 aromatic rings. The average Bonchev–Trinajstić information content (AvgIpc) is 2.09. The van der Waals surface area contributed by atoms with Gasteiger partial charge >= 0.3 is 11.9 Å². The Hall–Kier alpha value is -1.14. The maximum Gasteiger partial charge on any atom is 0.304 e. The zero-order chi connectivity index (χ0) is 13.2. The summed E-state index contributed by atoms with van der Waals surface area (Å²) in [5.41, 5.74) is -1.29. The van der Waals surface area contributed by atoms with Gasteiger partial charge in [0, 0.05) is 20.3 Å². The largest absolute Gasteiger partial charge is 0.457 e. The summed E-state index contributed by atoms with van der Waals surface area (Å²) < 4.78 is 15.3. The summed E-state index contributed by atoms with van der Waals surface area (Å²) in [5.74, 6) is -0.972. The zero-order valence-electron chi connectivity index (χ0n) is 10.4. The minimum absolute atomic E-state index is 0.0644. The minimum atomic E-state index is -1.29. The lowest BCUT2D eigenvalue weighted by Gasteiger charge is -2.43. The second kappa shape index (κ2) is 5.01. The molecule has 98 valence electrons. The molecule has 0 radical (unpaired) electrons. The van der Waals surface area contributed by atoms with E-state index in [2.05, 4.69) is 0 Å². The third-order valence-corrected chi connectivity index (χ3v) is 2.58. The summed E-state index contributed by atoms with van der Waals surface area (Å²) in [7, 11) is 0. The van der Waals surface area contributed by atoms with Crippen LogP contribution in [0.5, 0.6) is 0 Å². The Morgan fingerprint density at radius 3 is 2.24 bits per heavy atom. The van der Waals surface area contributed by atoms with Gasteiger partial charge in [0.2, 0.25) is 6.29 Å². The summed E-state index contributed by atoms with van der Waals surface area (Å²) in [6.45, 7) is 5.70. The van der Waals surface area contributed by atoms with Crippen LogP contribution in [0.2, 0.25) is 0 Å². The molecule has 0 aromatic carbocycles. The molecule has 6 heteroatoms. The van der Waals surface area contributed by atoms with Gasteiger partial charge in [-0.25, -0.2) is 0 Å². The molecule has 1 heterocycles.